The summed E-state index contributed by atoms with van der Waals surface area (Å²) >= 11 is 5.66. The predicted octanol–water partition coefficient (Wildman–Crippen LogP) is 4.75. The second-order valence-corrected chi connectivity index (χ2v) is 9.96. The number of ether oxygens (including phenoxy) is 1. The van der Waals surface area contributed by atoms with E-state index in [0.29, 0.717) is 11.1 Å². The molecule has 1 fully saturated rings. The Morgan fingerprint density at radius 2 is 1.78 bits per heavy atom. The average Bonchev–Trinajstić information content (AvgIpc) is 2.84. The summed E-state index contributed by atoms with van der Waals surface area (Å²) in [4.78, 5) is 1.97. The third kappa shape index (κ3) is 5.57. The number of piperazine rings is 1. The van der Waals surface area contributed by atoms with Crippen LogP contribution in [0.3, 0.4) is 0 Å². The summed E-state index contributed by atoms with van der Waals surface area (Å²) in [5.74, 6) is -0.172. The number of nitriles is 1. The van der Waals surface area contributed by atoms with Gasteiger partial charge >= 0.3 is 6.18 Å². The number of sulfonamides is 1. The van der Waals surface area contributed by atoms with Gasteiger partial charge in [0, 0.05) is 37.4 Å². The molecule has 0 bridgehead atoms. The lowest BCUT2D eigenvalue weighted by atomic mass is 10.0. The van der Waals surface area contributed by atoms with E-state index in [1.807, 2.05) is 6.07 Å². The van der Waals surface area contributed by atoms with Gasteiger partial charge in [0.15, 0.2) is 0 Å². The zero-order chi connectivity index (χ0) is 26.1. The number of nitrogens with two attached hydrogens (primary N) is 1. The van der Waals surface area contributed by atoms with Crippen molar-refractivity contribution in [2.24, 2.45) is 5.14 Å². The summed E-state index contributed by atoms with van der Waals surface area (Å²) in [6, 6.07) is 14.1. The van der Waals surface area contributed by atoms with Crippen molar-refractivity contribution >= 4 is 27.3 Å². The van der Waals surface area contributed by atoms with Crippen LogP contribution in [0.15, 0.2) is 59.5 Å². The molecule has 1 aliphatic heterocycles. The van der Waals surface area contributed by atoms with Gasteiger partial charge < -0.3 is 15.0 Å². The number of anilines is 1. The van der Waals surface area contributed by atoms with Gasteiger partial charge in [-0.15, -0.1) is 0 Å². The Bertz CT molecular complexity index is 1450. The van der Waals surface area contributed by atoms with Gasteiger partial charge in [-0.25, -0.2) is 13.6 Å². The van der Waals surface area contributed by atoms with Crippen molar-refractivity contribution in [2.75, 3.05) is 31.1 Å². The molecule has 3 aromatic rings. The fourth-order valence-corrected chi connectivity index (χ4v) is 4.86. The topological polar surface area (TPSA) is 108 Å². The zero-order valence-electron chi connectivity index (χ0n) is 18.6. The molecule has 0 spiro atoms. The lowest BCUT2D eigenvalue weighted by Gasteiger charge is -2.30. The Balaban J connectivity index is 1.74. The molecule has 12 heteroatoms. The maximum Gasteiger partial charge on any atom is 0.417 e. The van der Waals surface area contributed by atoms with Crippen LogP contribution in [0.25, 0.3) is 11.1 Å². The number of nitrogens with zero attached hydrogens (tertiary/aromatic N) is 2. The van der Waals surface area contributed by atoms with Crippen molar-refractivity contribution < 1.29 is 26.3 Å². The molecule has 188 valence electrons. The monoisotopic (exact) mass is 536 g/mol. The molecule has 0 atom stereocenters. The molecule has 1 saturated heterocycles. The highest BCUT2D eigenvalue weighted by Gasteiger charge is 2.33. The van der Waals surface area contributed by atoms with Crippen molar-refractivity contribution in [3.05, 3.63) is 70.7 Å². The van der Waals surface area contributed by atoms with E-state index in [2.05, 4.69) is 10.2 Å². The van der Waals surface area contributed by atoms with Crippen LogP contribution in [0, 0.1) is 11.3 Å². The normalized spacial score (nSPS) is 14.4. The van der Waals surface area contributed by atoms with Gasteiger partial charge in [-0.2, -0.15) is 18.4 Å². The molecule has 3 N–H and O–H groups in total. The quantitative estimate of drug-likeness (QED) is 0.487. The number of hydrogen-bond acceptors (Lipinski definition) is 6. The minimum absolute atomic E-state index is 0.00730. The number of primary sulfonamides is 1. The Morgan fingerprint density at radius 3 is 2.42 bits per heavy atom. The van der Waals surface area contributed by atoms with Crippen LogP contribution in [0.2, 0.25) is 5.02 Å². The minimum atomic E-state index is -4.68. The van der Waals surface area contributed by atoms with Crippen LogP contribution in [0.1, 0.15) is 11.1 Å². The van der Waals surface area contributed by atoms with Crippen LogP contribution in [0.4, 0.5) is 18.9 Å². The smallest absolute Gasteiger partial charge is 0.417 e. The molecule has 36 heavy (non-hydrogen) atoms. The van der Waals surface area contributed by atoms with Gasteiger partial charge in [-0.3, -0.25) is 0 Å². The largest absolute Gasteiger partial charge is 0.456 e. The SMILES string of the molecule is N#Cc1cc(-c2cc(N3CCNCC3)ccc2S(N)(=O)=O)ccc1Oc1ccc(Cl)c(C(F)(F)F)c1. The number of hydrogen-bond donors (Lipinski definition) is 2. The number of nitrogens with one attached hydrogen (secondary N) is 1. The predicted molar refractivity (Wildman–Crippen MR) is 130 cm³/mol. The van der Waals surface area contributed by atoms with Crippen LogP contribution in [0.5, 0.6) is 11.5 Å². The van der Waals surface area contributed by atoms with E-state index in [-0.39, 0.29) is 22.0 Å². The number of rotatable bonds is 5. The first-order valence-electron chi connectivity index (χ1n) is 10.7. The van der Waals surface area contributed by atoms with Gasteiger partial charge in [-0.05, 0) is 54.1 Å². The molecule has 0 aliphatic carbocycles. The van der Waals surface area contributed by atoms with Crippen molar-refractivity contribution in [1.29, 1.82) is 5.26 Å². The lowest BCUT2D eigenvalue weighted by molar-refractivity contribution is -0.137. The van der Waals surface area contributed by atoms with Gasteiger partial charge in [0.2, 0.25) is 10.0 Å². The standard InChI is InChI=1S/C24H20ClF3N4O3S/c25-21-4-3-18(13-20(21)24(26,27)28)35-22-5-1-15(11-16(22)14-29)19-12-17(32-9-7-31-8-10-32)2-6-23(19)36(30,33)34/h1-6,11-13,31H,7-10H2,(H2,30,33,34). The first-order valence-corrected chi connectivity index (χ1v) is 12.6. The van der Waals surface area contributed by atoms with Crippen molar-refractivity contribution in [1.82, 2.24) is 5.32 Å². The van der Waals surface area contributed by atoms with E-state index < -0.39 is 26.8 Å². The summed E-state index contributed by atoms with van der Waals surface area (Å²) in [6.45, 7) is 3.01. The molecule has 0 unspecified atom stereocenters. The third-order valence-corrected chi connectivity index (χ3v) is 6.93. The summed E-state index contributed by atoms with van der Waals surface area (Å²) in [7, 11) is -4.09. The highest BCUT2D eigenvalue weighted by Crippen LogP contribution is 2.39. The molecular formula is C24H20ClF3N4O3S. The number of halogens is 4. The first-order chi connectivity index (χ1) is 17.0. The molecule has 0 amide bonds. The molecule has 0 saturated carbocycles. The minimum Gasteiger partial charge on any atom is -0.456 e. The Kier molecular flexibility index (Phi) is 7.15. The highest BCUT2D eigenvalue weighted by molar-refractivity contribution is 7.89. The fraction of sp³-hybridized carbons (Fsp3) is 0.208. The van der Waals surface area contributed by atoms with E-state index in [1.165, 1.54) is 30.3 Å². The van der Waals surface area contributed by atoms with E-state index >= 15 is 0 Å². The van der Waals surface area contributed by atoms with Crippen LogP contribution >= 0.6 is 11.6 Å². The lowest BCUT2D eigenvalue weighted by Crippen LogP contribution is -2.43. The summed E-state index contributed by atoms with van der Waals surface area (Å²) in [5, 5.41) is 17.9. The molecule has 0 aromatic heterocycles. The highest BCUT2D eigenvalue weighted by atomic mass is 35.5. The summed E-state index contributed by atoms with van der Waals surface area (Å²) in [6.07, 6.45) is -4.68. The van der Waals surface area contributed by atoms with Crippen LogP contribution < -0.4 is 20.1 Å². The second-order valence-electron chi connectivity index (χ2n) is 8.03. The summed E-state index contributed by atoms with van der Waals surface area (Å²) < 4.78 is 69.7. The maximum atomic E-state index is 13.2. The first kappa shape index (κ1) is 25.8. The molecule has 3 aromatic carbocycles. The fourth-order valence-electron chi connectivity index (χ4n) is 3.90. The van der Waals surface area contributed by atoms with Crippen molar-refractivity contribution in [2.45, 2.75) is 11.1 Å². The molecule has 1 aliphatic rings. The van der Waals surface area contributed by atoms with Crippen LogP contribution in [-0.2, 0) is 16.2 Å². The zero-order valence-corrected chi connectivity index (χ0v) is 20.2. The average molecular weight is 537 g/mol. The molecular weight excluding hydrogens is 517 g/mol. The van der Waals surface area contributed by atoms with Crippen molar-refractivity contribution in [3.8, 4) is 28.7 Å². The number of alkyl halides is 3. The van der Waals surface area contributed by atoms with E-state index in [1.54, 1.807) is 12.1 Å². The van der Waals surface area contributed by atoms with Gasteiger partial charge in [0.1, 0.15) is 17.6 Å². The van der Waals surface area contributed by atoms with E-state index in [9.17, 15) is 26.9 Å². The van der Waals surface area contributed by atoms with Crippen molar-refractivity contribution in [3.63, 3.8) is 0 Å². The Labute approximate surface area is 210 Å². The Hall–Kier alpha value is -3.30. The molecule has 4 rings (SSSR count). The molecule has 1 heterocycles. The van der Waals surface area contributed by atoms with Gasteiger partial charge in [0.25, 0.3) is 0 Å². The molecule has 7 nitrogen and oxygen atoms in total. The van der Waals surface area contributed by atoms with Crippen LogP contribution in [-0.4, -0.2) is 34.6 Å². The molecule has 0 radical (unpaired) electrons. The van der Waals surface area contributed by atoms with E-state index in [4.69, 9.17) is 21.5 Å². The van der Waals surface area contributed by atoms with Gasteiger partial charge in [0.05, 0.1) is 21.0 Å². The van der Waals surface area contributed by atoms with Gasteiger partial charge in [-0.1, -0.05) is 17.7 Å². The second kappa shape index (κ2) is 9.99. The third-order valence-electron chi connectivity index (χ3n) is 5.63. The number of benzene rings is 3. The Morgan fingerprint density at radius 1 is 1.06 bits per heavy atom. The van der Waals surface area contributed by atoms with E-state index in [0.717, 1.165) is 44.0 Å². The maximum absolute atomic E-state index is 13.2. The summed E-state index contributed by atoms with van der Waals surface area (Å²) in [5.41, 5.74) is 0.385.